The van der Waals surface area contributed by atoms with Gasteiger partial charge in [-0.25, -0.2) is 29.5 Å². The Labute approximate surface area is 308 Å². The average molecular weight is 699 g/mol. The van der Waals surface area contributed by atoms with E-state index in [4.69, 9.17) is 9.47 Å². The Morgan fingerprint density at radius 2 is 0.846 bits per heavy atom. The van der Waals surface area contributed by atoms with E-state index in [0.29, 0.717) is 22.8 Å². The number of benzene rings is 3. The Kier molecular flexibility index (Phi) is 15.0. The molecule has 2 heterocycles. The Morgan fingerprint density at radius 3 is 1.23 bits per heavy atom. The number of aryl methyl sites for hydroxylation is 2. The lowest BCUT2D eigenvalue weighted by Crippen LogP contribution is -2.10. The fourth-order valence-corrected chi connectivity index (χ4v) is 5.93. The van der Waals surface area contributed by atoms with Crippen LogP contribution in [-0.4, -0.2) is 31.9 Å². The van der Waals surface area contributed by atoms with E-state index >= 15 is 0 Å². The number of unbranched alkanes of at least 4 members (excludes halogenated alkanes) is 10. The van der Waals surface area contributed by atoms with Crippen LogP contribution in [0.1, 0.15) is 123 Å². The van der Waals surface area contributed by atoms with Gasteiger partial charge in [0.05, 0.1) is 11.1 Å². The molecule has 0 saturated carbocycles. The Hall–Kier alpha value is -5.24. The zero-order valence-corrected chi connectivity index (χ0v) is 30.6. The quantitative estimate of drug-likeness (QED) is 0.0449. The minimum Gasteiger partial charge on any atom is -0.423 e. The minimum absolute atomic E-state index is 0.260. The highest BCUT2D eigenvalue weighted by molar-refractivity contribution is 5.92. The van der Waals surface area contributed by atoms with Crippen LogP contribution in [0.3, 0.4) is 0 Å². The topological polar surface area (TPSA) is 104 Å². The predicted octanol–water partition coefficient (Wildman–Crippen LogP) is 10.8. The van der Waals surface area contributed by atoms with Gasteiger partial charge in [0.1, 0.15) is 11.5 Å². The third kappa shape index (κ3) is 11.9. The Bertz CT molecular complexity index is 1690. The van der Waals surface area contributed by atoms with Crippen molar-refractivity contribution in [3.63, 3.8) is 0 Å². The van der Waals surface area contributed by atoms with Crippen LogP contribution >= 0.6 is 0 Å². The van der Waals surface area contributed by atoms with E-state index in [9.17, 15) is 9.59 Å². The highest BCUT2D eigenvalue weighted by atomic mass is 16.5. The van der Waals surface area contributed by atoms with E-state index in [1.807, 2.05) is 24.8 Å². The number of aromatic nitrogens is 4. The molecule has 0 aliphatic carbocycles. The van der Waals surface area contributed by atoms with Crippen molar-refractivity contribution in [2.75, 3.05) is 0 Å². The van der Waals surface area contributed by atoms with Crippen LogP contribution in [0.15, 0.2) is 97.6 Å². The lowest BCUT2D eigenvalue weighted by molar-refractivity contribution is 0.0733. The van der Waals surface area contributed by atoms with Gasteiger partial charge in [-0.1, -0.05) is 108 Å². The molecule has 5 aromatic rings. The van der Waals surface area contributed by atoms with Crippen molar-refractivity contribution in [1.82, 2.24) is 19.9 Å². The third-order valence-electron chi connectivity index (χ3n) is 9.03. The lowest BCUT2D eigenvalue weighted by Gasteiger charge is -2.09. The van der Waals surface area contributed by atoms with Crippen molar-refractivity contribution in [3.8, 4) is 34.3 Å². The molecule has 5 rings (SSSR count). The molecule has 8 nitrogen and oxygen atoms in total. The summed E-state index contributed by atoms with van der Waals surface area (Å²) in [4.78, 5) is 44.0. The summed E-state index contributed by atoms with van der Waals surface area (Å²) in [5.41, 5.74) is 4.65. The Morgan fingerprint density at radius 1 is 0.481 bits per heavy atom. The molecule has 0 aliphatic heterocycles. The molecular formula is C44H50N4O4. The summed E-state index contributed by atoms with van der Waals surface area (Å²) in [5, 5.41) is 0. The van der Waals surface area contributed by atoms with Crippen LogP contribution in [-0.2, 0) is 12.8 Å². The van der Waals surface area contributed by atoms with Crippen LogP contribution in [0.25, 0.3) is 22.8 Å². The van der Waals surface area contributed by atoms with Crippen molar-refractivity contribution < 1.29 is 19.1 Å². The molecule has 0 radical (unpaired) electrons. The molecule has 0 spiro atoms. The fourth-order valence-electron chi connectivity index (χ4n) is 5.93. The zero-order valence-electron chi connectivity index (χ0n) is 30.6. The SMILES string of the molecule is CCCCCCCCc1cnc(-c2ccc(C(=O)Oc3cccc(OC(=O)c4ccc(-c5ncc(CCCCCCCC)cn5)cc4)c3)cc2)nc1. The highest BCUT2D eigenvalue weighted by Crippen LogP contribution is 2.24. The van der Waals surface area contributed by atoms with Crippen molar-refractivity contribution in [2.45, 2.75) is 104 Å². The zero-order chi connectivity index (χ0) is 36.4. The number of carbonyl (C=O) groups excluding carboxylic acids is 2. The lowest BCUT2D eigenvalue weighted by atomic mass is 10.1. The molecule has 0 aliphatic rings. The van der Waals surface area contributed by atoms with Gasteiger partial charge in [-0.05, 0) is 73.2 Å². The van der Waals surface area contributed by atoms with E-state index in [1.54, 1.807) is 66.7 Å². The molecule has 270 valence electrons. The van der Waals surface area contributed by atoms with E-state index in [0.717, 1.165) is 47.9 Å². The first-order valence-corrected chi connectivity index (χ1v) is 18.9. The second-order valence-corrected chi connectivity index (χ2v) is 13.3. The van der Waals surface area contributed by atoms with Crippen LogP contribution in [0.2, 0.25) is 0 Å². The monoisotopic (exact) mass is 698 g/mol. The molecule has 0 fully saturated rings. The minimum atomic E-state index is -0.529. The number of nitrogens with zero attached hydrogens (tertiary/aromatic N) is 4. The highest BCUT2D eigenvalue weighted by Gasteiger charge is 2.14. The molecular weight excluding hydrogens is 649 g/mol. The van der Waals surface area contributed by atoms with Crippen molar-refractivity contribution in [3.05, 3.63) is 120 Å². The van der Waals surface area contributed by atoms with Gasteiger partial charge in [0.15, 0.2) is 11.6 Å². The predicted molar refractivity (Wildman–Crippen MR) is 205 cm³/mol. The molecule has 52 heavy (non-hydrogen) atoms. The van der Waals surface area contributed by atoms with Crippen molar-refractivity contribution in [1.29, 1.82) is 0 Å². The number of carbonyl (C=O) groups is 2. The van der Waals surface area contributed by atoms with Gasteiger partial charge in [0, 0.05) is 42.0 Å². The van der Waals surface area contributed by atoms with Crippen LogP contribution in [0.5, 0.6) is 11.5 Å². The van der Waals surface area contributed by atoms with Gasteiger partial charge in [-0.15, -0.1) is 0 Å². The van der Waals surface area contributed by atoms with E-state index in [2.05, 4.69) is 33.8 Å². The molecule has 0 saturated heterocycles. The number of ether oxygens (including phenoxy) is 2. The van der Waals surface area contributed by atoms with Crippen LogP contribution < -0.4 is 9.47 Å². The second-order valence-electron chi connectivity index (χ2n) is 13.3. The van der Waals surface area contributed by atoms with Crippen molar-refractivity contribution >= 4 is 11.9 Å². The standard InChI is InChI=1S/C44H50N4O4/c1-3-5-7-9-11-13-16-33-29-45-41(46-30-33)35-20-24-37(25-21-35)43(49)51-39-18-15-19-40(28-39)52-44(50)38-26-22-36(23-27-38)42-47-31-34(32-48-42)17-14-12-10-8-6-4-2/h15,18-32H,3-14,16-17H2,1-2H3. The summed E-state index contributed by atoms with van der Waals surface area (Å²) in [5.74, 6) is 0.679. The molecule has 0 atom stereocenters. The van der Waals surface area contributed by atoms with E-state index in [-0.39, 0.29) is 11.5 Å². The molecule has 3 aromatic carbocycles. The van der Waals surface area contributed by atoms with E-state index < -0.39 is 11.9 Å². The van der Waals surface area contributed by atoms with Gasteiger partial charge in [-0.3, -0.25) is 0 Å². The van der Waals surface area contributed by atoms with Gasteiger partial charge in [0.25, 0.3) is 0 Å². The normalized spacial score (nSPS) is 11.0. The largest absolute Gasteiger partial charge is 0.423 e. The number of rotatable bonds is 20. The van der Waals surface area contributed by atoms with Crippen LogP contribution in [0, 0.1) is 0 Å². The van der Waals surface area contributed by atoms with Gasteiger partial charge in [0.2, 0.25) is 0 Å². The van der Waals surface area contributed by atoms with Gasteiger partial charge < -0.3 is 9.47 Å². The summed E-state index contributed by atoms with van der Waals surface area (Å²) >= 11 is 0. The maximum Gasteiger partial charge on any atom is 0.343 e. The first-order valence-electron chi connectivity index (χ1n) is 18.9. The summed E-state index contributed by atoms with van der Waals surface area (Å²) in [6, 6.07) is 20.4. The maximum absolute atomic E-state index is 12.9. The average Bonchev–Trinajstić information content (AvgIpc) is 3.18. The second kappa shape index (κ2) is 20.6. The Balaban J connectivity index is 1.09. The van der Waals surface area contributed by atoms with Crippen LogP contribution in [0.4, 0.5) is 0 Å². The maximum atomic E-state index is 12.9. The molecule has 2 aromatic heterocycles. The van der Waals surface area contributed by atoms with Gasteiger partial charge in [-0.2, -0.15) is 0 Å². The summed E-state index contributed by atoms with van der Waals surface area (Å²) in [6.07, 6.45) is 24.6. The first kappa shape index (κ1) is 38.0. The summed E-state index contributed by atoms with van der Waals surface area (Å²) in [7, 11) is 0. The van der Waals surface area contributed by atoms with E-state index in [1.165, 1.54) is 70.3 Å². The molecule has 0 unspecified atom stereocenters. The molecule has 0 bridgehead atoms. The number of hydrogen-bond acceptors (Lipinski definition) is 8. The summed E-state index contributed by atoms with van der Waals surface area (Å²) < 4.78 is 11.2. The molecule has 0 amide bonds. The molecule has 0 N–H and O–H groups in total. The first-order chi connectivity index (χ1) is 25.5. The van der Waals surface area contributed by atoms with Gasteiger partial charge >= 0.3 is 11.9 Å². The third-order valence-corrected chi connectivity index (χ3v) is 9.03. The number of esters is 2. The molecule has 8 heteroatoms. The number of hydrogen-bond donors (Lipinski definition) is 0. The van der Waals surface area contributed by atoms with Crippen molar-refractivity contribution in [2.24, 2.45) is 0 Å². The smallest absolute Gasteiger partial charge is 0.343 e. The summed E-state index contributed by atoms with van der Waals surface area (Å²) in [6.45, 7) is 4.46. The fraction of sp³-hybridized carbons (Fsp3) is 0.364.